The molecular formula is C9H13N5O2S. The van der Waals surface area contributed by atoms with Crippen molar-refractivity contribution in [2.45, 2.75) is 18.7 Å². The maximum atomic E-state index is 12.1. The molecule has 7 nitrogen and oxygen atoms in total. The Morgan fingerprint density at radius 2 is 2.12 bits per heavy atom. The van der Waals surface area contributed by atoms with E-state index < -0.39 is 10.0 Å². The van der Waals surface area contributed by atoms with Gasteiger partial charge in [-0.2, -0.15) is 10.2 Å². The van der Waals surface area contributed by atoms with Crippen LogP contribution in [0.25, 0.3) is 0 Å². The van der Waals surface area contributed by atoms with Crippen molar-refractivity contribution in [3.8, 4) is 0 Å². The van der Waals surface area contributed by atoms with Crippen molar-refractivity contribution in [3.63, 3.8) is 0 Å². The fraction of sp³-hybridized carbons (Fsp3) is 0.333. The fourth-order valence-electron chi connectivity index (χ4n) is 1.62. The molecule has 92 valence electrons. The fourth-order valence-corrected chi connectivity index (χ4v) is 3.02. The number of sulfonamides is 1. The Balaban J connectivity index is 2.38. The molecule has 2 N–H and O–H groups in total. The predicted octanol–water partition coefficient (Wildman–Crippen LogP) is 0.561. The van der Waals surface area contributed by atoms with Gasteiger partial charge in [0.1, 0.15) is 4.90 Å². The molecule has 0 atom stereocenters. The van der Waals surface area contributed by atoms with Gasteiger partial charge in [0.2, 0.25) is 0 Å². The first kappa shape index (κ1) is 11.6. The van der Waals surface area contributed by atoms with E-state index in [-0.39, 0.29) is 4.90 Å². The highest BCUT2D eigenvalue weighted by Gasteiger charge is 2.22. The lowest BCUT2D eigenvalue weighted by Gasteiger charge is -2.05. The van der Waals surface area contributed by atoms with Gasteiger partial charge in [-0.25, -0.2) is 8.42 Å². The van der Waals surface area contributed by atoms with Crippen LogP contribution >= 0.6 is 0 Å². The number of anilines is 1. The zero-order valence-electron chi connectivity index (χ0n) is 9.72. The minimum Gasteiger partial charge on any atom is -0.281 e. The number of nitrogens with one attached hydrogen (secondary N) is 2. The third-order valence-electron chi connectivity index (χ3n) is 2.29. The molecule has 0 aliphatic heterocycles. The van der Waals surface area contributed by atoms with Gasteiger partial charge in [0.15, 0.2) is 0 Å². The van der Waals surface area contributed by atoms with Gasteiger partial charge in [-0.1, -0.05) is 0 Å². The third kappa shape index (κ3) is 2.16. The summed E-state index contributed by atoms with van der Waals surface area (Å²) >= 11 is 0. The molecule has 0 aliphatic rings. The molecule has 2 heterocycles. The summed E-state index contributed by atoms with van der Waals surface area (Å²) in [4.78, 5) is 0.182. The van der Waals surface area contributed by atoms with Crippen LogP contribution in [-0.4, -0.2) is 28.4 Å². The van der Waals surface area contributed by atoms with E-state index >= 15 is 0 Å². The van der Waals surface area contributed by atoms with Crippen LogP contribution in [0.2, 0.25) is 0 Å². The molecule has 0 bridgehead atoms. The number of hydrogen-bond acceptors (Lipinski definition) is 4. The highest BCUT2D eigenvalue weighted by atomic mass is 32.2. The van der Waals surface area contributed by atoms with E-state index in [1.165, 1.54) is 10.9 Å². The molecule has 0 unspecified atom stereocenters. The Labute approximate surface area is 98.9 Å². The molecule has 0 aliphatic carbocycles. The number of hydrogen-bond donors (Lipinski definition) is 2. The first-order valence-electron chi connectivity index (χ1n) is 4.93. The van der Waals surface area contributed by atoms with Gasteiger partial charge in [-0.15, -0.1) is 0 Å². The number of H-pyrrole nitrogens is 1. The summed E-state index contributed by atoms with van der Waals surface area (Å²) in [5.74, 6) is 0. The normalized spacial score (nSPS) is 11.7. The van der Waals surface area contributed by atoms with E-state index in [1.54, 1.807) is 27.1 Å². The van der Waals surface area contributed by atoms with Crippen LogP contribution in [0.1, 0.15) is 11.4 Å². The molecular weight excluding hydrogens is 242 g/mol. The molecule has 0 radical (unpaired) electrons. The number of rotatable bonds is 3. The molecule has 2 aromatic heterocycles. The highest BCUT2D eigenvalue weighted by Crippen LogP contribution is 2.20. The summed E-state index contributed by atoms with van der Waals surface area (Å²) < 4.78 is 28.2. The average Bonchev–Trinajstić information content (AvgIpc) is 2.73. The first-order chi connectivity index (χ1) is 7.90. The topological polar surface area (TPSA) is 92.7 Å². The lowest BCUT2D eigenvalue weighted by atomic mass is 10.4. The predicted molar refractivity (Wildman–Crippen MR) is 62.1 cm³/mol. The Hall–Kier alpha value is -1.83. The summed E-state index contributed by atoms with van der Waals surface area (Å²) in [5.41, 5.74) is 1.38. The summed E-state index contributed by atoms with van der Waals surface area (Å²) in [5, 5.41) is 10.4. The van der Waals surface area contributed by atoms with E-state index in [1.807, 2.05) is 0 Å². The van der Waals surface area contributed by atoms with Gasteiger partial charge in [0.25, 0.3) is 10.0 Å². The van der Waals surface area contributed by atoms with Crippen molar-refractivity contribution in [1.82, 2.24) is 20.0 Å². The summed E-state index contributed by atoms with van der Waals surface area (Å²) in [6.45, 7) is 3.30. The molecule has 0 amide bonds. The van der Waals surface area contributed by atoms with Gasteiger partial charge < -0.3 is 0 Å². The van der Waals surface area contributed by atoms with E-state index in [4.69, 9.17) is 0 Å². The van der Waals surface area contributed by atoms with Crippen LogP contribution in [0.5, 0.6) is 0 Å². The molecule has 17 heavy (non-hydrogen) atoms. The van der Waals surface area contributed by atoms with Gasteiger partial charge in [-0.05, 0) is 13.8 Å². The highest BCUT2D eigenvalue weighted by molar-refractivity contribution is 7.92. The van der Waals surface area contributed by atoms with Gasteiger partial charge in [0.05, 0.1) is 23.3 Å². The smallest absolute Gasteiger partial charge is 0.265 e. The minimum absolute atomic E-state index is 0.182. The first-order valence-corrected chi connectivity index (χ1v) is 6.41. The van der Waals surface area contributed by atoms with E-state index in [2.05, 4.69) is 20.0 Å². The summed E-state index contributed by atoms with van der Waals surface area (Å²) in [6.07, 6.45) is 3.03. The van der Waals surface area contributed by atoms with Crippen LogP contribution < -0.4 is 4.72 Å². The van der Waals surface area contributed by atoms with E-state index in [0.717, 1.165) is 0 Å². The van der Waals surface area contributed by atoms with Crippen molar-refractivity contribution in [2.75, 3.05) is 4.72 Å². The zero-order chi connectivity index (χ0) is 12.6. The molecule has 0 saturated heterocycles. The largest absolute Gasteiger partial charge is 0.281 e. The van der Waals surface area contributed by atoms with Gasteiger partial charge in [-0.3, -0.25) is 14.5 Å². The Bertz CT molecular complexity index is 621. The lowest BCUT2D eigenvalue weighted by Crippen LogP contribution is -2.14. The molecule has 0 aromatic carbocycles. The van der Waals surface area contributed by atoms with Gasteiger partial charge >= 0.3 is 0 Å². The standard InChI is InChI=1S/C9H13N5O2S/c1-6-9(7(2)12-11-6)17(15,16)13-8-4-10-14(3)5-8/h4-5,13H,1-3H3,(H,11,12). The molecule has 0 spiro atoms. The van der Waals surface area contributed by atoms with Crippen LogP contribution in [0.15, 0.2) is 17.3 Å². The Kier molecular flexibility index (Phi) is 2.66. The Morgan fingerprint density at radius 1 is 1.41 bits per heavy atom. The van der Waals surface area contributed by atoms with Crippen molar-refractivity contribution in [2.24, 2.45) is 7.05 Å². The second-order valence-electron chi connectivity index (χ2n) is 3.77. The van der Waals surface area contributed by atoms with Crippen molar-refractivity contribution in [1.29, 1.82) is 0 Å². The lowest BCUT2D eigenvalue weighted by molar-refractivity contribution is 0.600. The molecule has 0 saturated carbocycles. The van der Waals surface area contributed by atoms with Crippen LogP contribution in [-0.2, 0) is 17.1 Å². The molecule has 2 rings (SSSR count). The second kappa shape index (κ2) is 3.88. The quantitative estimate of drug-likeness (QED) is 0.838. The molecule has 8 heteroatoms. The maximum Gasteiger partial charge on any atom is 0.265 e. The number of aryl methyl sites for hydroxylation is 3. The average molecular weight is 255 g/mol. The summed E-state index contributed by atoms with van der Waals surface area (Å²) in [6, 6.07) is 0. The molecule has 2 aromatic rings. The van der Waals surface area contributed by atoms with Crippen LogP contribution in [0.4, 0.5) is 5.69 Å². The minimum atomic E-state index is -3.62. The number of aromatic nitrogens is 4. The SMILES string of the molecule is Cc1n[nH]c(C)c1S(=O)(=O)Nc1cnn(C)c1. The van der Waals surface area contributed by atoms with Crippen molar-refractivity contribution < 1.29 is 8.42 Å². The second-order valence-corrected chi connectivity index (χ2v) is 5.39. The van der Waals surface area contributed by atoms with E-state index in [9.17, 15) is 8.42 Å². The summed E-state index contributed by atoms with van der Waals surface area (Å²) in [7, 11) is -1.90. The van der Waals surface area contributed by atoms with Crippen molar-refractivity contribution in [3.05, 3.63) is 23.8 Å². The zero-order valence-corrected chi connectivity index (χ0v) is 10.5. The van der Waals surface area contributed by atoms with Crippen LogP contribution in [0, 0.1) is 13.8 Å². The monoisotopic (exact) mass is 255 g/mol. The Morgan fingerprint density at radius 3 is 2.59 bits per heavy atom. The molecule has 0 fully saturated rings. The third-order valence-corrected chi connectivity index (χ3v) is 3.93. The van der Waals surface area contributed by atoms with Crippen molar-refractivity contribution >= 4 is 15.7 Å². The number of aromatic amines is 1. The number of nitrogens with zero attached hydrogens (tertiary/aromatic N) is 3. The maximum absolute atomic E-state index is 12.1. The van der Waals surface area contributed by atoms with E-state index in [0.29, 0.717) is 17.1 Å². The van der Waals surface area contributed by atoms with Gasteiger partial charge in [0, 0.05) is 13.2 Å². The van der Waals surface area contributed by atoms with Crippen LogP contribution in [0.3, 0.4) is 0 Å².